The van der Waals surface area contributed by atoms with Crippen LogP contribution in [0.5, 0.6) is 17.2 Å². The second-order valence-electron chi connectivity index (χ2n) is 2.86. The van der Waals surface area contributed by atoms with Gasteiger partial charge in [-0.2, -0.15) is 0 Å². The minimum Gasteiger partial charge on any atom is -0.486 e. The highest BCUT2D eigenvalue weighted by molar-refractivity contribution is 5.46. The molecule has 0 N–H and O–H groups in total. The summed E-state index contributed by atoms with van der Waals surface area (Å²) in [6.45, 7) is 1.42. The summed E-state index contributed by atoms with van der Waals surface area (Å²) in [6.07, 6.45) is 0. The molecule has 4 nitrogen and oxygen atoms in total. The van der Waals surface area contributed by atoms with Crippen LogP contribution in [0.25, 0.3) is 0 Å². The standard InChI is InChI=1S/C10H12O4/c1-11-7-14-8-2-3-9-10(6-8)13-5-4-12-9/h2-3,6H,4-5,7H2,1H3. The van der Waals surface area contributed by atoms with Crippen LogP contribution in [0.1, 0.15) is 0 Å². The minimum atomic E-state index is 0.236. The molecule has 1 aliphatic heterocycles. The van der Waals surface area contributed by atoms with Gasteiger partial charge in [0.15, 0.2) is 18.3 Å². The van der Waals surface area contributed by atoms with Crippen molar-refractivity contribution in [1.82, 2.24) is 0 Å². The van der Waals surface area contributed by atoms with Gasteiger partial charge in [0.2, 0.25) is 0 Å². The van der Waals surface area contributed by atoms with Gasteiger partial charge in [-0.15, -0.1) is 0 Å². The molecule has 0 amide bonds. The fourth-order valence-electron chi connectivity index (χ4n) is 1.24. The van der Waals surface area contributed by atoms with E-state index in [1.807, 2.05) is 12.1 Å². The first-order valence-electron chi connectivity index (χ1n) is 4.41. The van der Waals surface area contributed by atoms with Crippen molar-refractivity contribution in [2.45, 2.75) is 0 Å². The van der Waals surface area contributed by atoms with Crippen LogP contribution in [-0.4, -0.2) is 27.1 Å². The molecule has 0 radical (unpaired) electrons. The van der Waals surface area contributed by atoms with Crippen LogP contribution in [0.2, 0.25) is 0 Å². The molecule has 76 valence electrons. The molecule has 0 aliphatic carbocycles. The van der Waals surface area contributed by atoms with Crippen LogP contribution in [-0.2, 0) is 4.74 Å². The van der Waals surface area contributed by atoms with Crippen LogP contribution in [0.3, 0.4) is 0 Å². The summed E-state index contributed by atoms with van der Waals surface area (Å²) in [5.41, 5.74) is 0. The molecule has 1 aromatic rings. The van der Waals surface area contributed by atoms with Gasteiger partial charge in [-0.1, -0.05) is 0 Å². The van der Waals surface area contributed by atoms with E-state index in [0.717, 1.165) is 17.2 Å². The summed E-state index contributed by atoms with van der Waals surface area (Å²) in [6, 6.07) is 5.46. The summed E-state index contributed by atoms with van der Waals surface area (Å²) in [5.74, 6) is 2.21. The van der Waals surface area contributed by atoms with Gasteiger partial charge in [0, 0.05) is 13.2 Å². The van der Waals surface area contributed by atoms with Gasteiger partial charge in [0.1, 0.15) is 19.0 Å². The zero-order chi connectivity index (χ0) is 9.80. The predicted octanol–water partition coefficient (Wildman–Crippen LogP) is 1.44. The fourth-order valence-corrected chi connectivity index (χ4v) is 1.24. The van der Waals surface area contributed by atoms with Crippen LogP contribution in [0.15, 0.2) is 18.2 Å². The molecule has 1 heterocycles. The molecule has 0 saturated carbocycles. The summed E-state index contributed by atoms with van der Waals surface area (Å²) in [7, 11) is 1.58. The average Bonchev–Trinajstić information content (AvgIpc) is 2.26. The van der Waals surface area contributed by atoms with Crippen molar-refractivity contribution in [2.75, 3.05) is 27.1 Å². The quantitative estimate of drug-likeness (QED) is 0.685. The van der Waals surface area contributed by atoms with Crippen molar-refractivity contribution in [3.8, 4) is 17.2 Å². The lowest BCUT2D eigenvalue weighted by molar-refractivity contribution is 0.0506. The lowest BCUT2D eigenvalue weighted by atomic mass is 10.3. The van der Waals surface area contributed by atoms with Crippen molar-refractivity contribution in [3.05, 3.63) is 18.2 Å². The second-order valence-corrected chi connectivity index (χ2v) is 2.86. The number of rotatable bonds is 3. The van der Waals surface area contributed by atoms with Crippen LogP contribution >= 0.6 is 0 Å². The van der Waals surface area contributed by atoms with Gasteiger partial charge < -0.3 is 18.9 Å². The third-order valence-electron chi connectivity index (χ3n) is 1.86. The largest absolute Gasteiger partial charge is 0.486 e. The normalized spacial score (nSPS) is 13.8. The molecule has 0 unspecified atom stereocenters. The van der Waals surface area contributed by atoms with E-state index in [0.29, 0.717) is 13.2 Å². The van der Waals surface area contributed by atoms with Gasteiger partial charge in [-0.25, -0.2) is 0 Å². The highest BCUT2D eigenvalue weighted by Gasteiger charge is 2.11. The Labute approximate surface area is 82.3 Å². The number of ether oxygens (including phenoxy) is 4. The topological polar surface area (TPSA) is 36.9 Å². The highest BCUT2D eigenvalue weighted by atomic mass is 16.7. The lowest BCUT2D eigenvalue weighted by Crippen LogP contribution is -2.15. The Balaban J connectivity index is 2.12. The fraction of sp³-hybridized carbons (Fsp3) is 0.400. The SMILES string of the molecule is COCOc1ccc2c(c1)OCCO2. The molecule has 0 bridgehead atoms. The molecular formula is C10H12O4. The molecule has 0 fully saturated rings. The van der Waals surface area contributed by atoms with Gasteiger partial charge in [-0.05, 0) is 12.1 Å². The molecule has 0 saturated heterocycles. The molecule has 0 atom stereocenters. The van der Waals surface area contributed by atoms with Gasteiger partial charge >= 0.3 is 0 Å². The first-order chi connectivity index (χ1) is 6.90. The van der Waals surface area contributed by atoms with Crippen LogP contribution in [0.4, 0.5) is 0 Å². The molecule has 0 aromatic heterocycles. The Morgan fingerprint density at radius 2 is 2.00 bits per heavy atom. The van der Waals surface area contributed by atoms with E-state index in [-0.39, 0.29) is 6.79 Å². The molecule has 14 heavy (non-hydrogen) atoms. The Morgan fingerprint density at radius 3 is 2.79 bits per heavy atom. The minimum absolute atomic E-state index is 0.236. The third-order valence-corrected chi connectivity index (χ3v) is 1.86. The third kappa shape index (κ3) is 1.90. The van der Waals surface area contributed by atoms with Crippen LogP contribution < -0.4 is 14.2 Å². The zero-order valence-corrected chi connectivity index (χ0v) is 7.99. The summed E-state index contributed by atoms with van der Waals surface area (Å²) in [4.78, 5) is 0. The second kappa shape index (κ2) is 4.19. The number of fused-ring (bicyclic) bond motifs is 1. The van der Waals surface area contributed by atoms with E-state index in [1.165, 1.54) is 0 Å². The Hall–Kier alpha value is -1.42. The Bertz CT molecular complexity index is 311. The maximum absolute atomic E-state index is 5.40. The van der Waals surface area contributed by atoms with Crippen molar-refractivity contribution in [3.63, 3.8) is 0 Å². The summed E-state index contributed by atoms with van der Waals surface area (Å²) >= 11 is 0. The van der Waals surface area contributed by atoms with Gasteiger partial charge in [-0.3, -0.25) is 0 Å². The Kier molecular flexibility index (Phi) is 2.74. The smallest absolute Gasteiger partial charge is 0.188 e. The van der Waals surface area contributed by atoms with Crippen molar-refractivity contribution in [2.24, 2.45) is 0 Å². The average molecular weight is 196 g/mol. The van der Waals surface area contributed by atoms with Crippen molar-refractivity contribution in [1.29, 1.82) is 0 Å². The van der Waals surface area contributed by atoms with E-state index in [1.54, 1.807) is 13.2 Å². The molecular weight excluding hydrogens is 184 g/mol. The van der Waals surface area contributed by atoms with Crippen molar-refractivity contribution >= 4 is 0 Å². The summed E-state index contributed by atoms with van der Waals surface area (Å²) in [5, 5.41) is 0. The van der Waals surface area contributed by atoms with Gasteiger partial charge in [0.05, 0.1) is 0 Å². The number of hydrogen-bond acceptors (Lipinski definition) is 4. The van der Waals surface area contributed by atoms with E-state index in [9.17, 15) is 0 Å². The first-order valence-corrected chi connectivity index (χ1v) is 4.41. The molecule has 2 rings (SSSR count). The molecule has 1 aliphatic rings. The number of benzene rings is 1. The van der Waals surface area contributed by atoms with Gasteiger partial charge in [0.25, 0.3) is 0 Å². The number of hydrogen-bond donors (Lipinski definition) is 0. The van der Waals surface area contributed by atoms with E-state index >= 15 is 0 Å². The molecule has 1 aromatic carbocycles. The number of methoxy groups -OCH3 is 1. The summed E-state index contributed by atoms with van der Waals surface area (Å²) < 4.78 is 20.8. The zero-order valence-electron chi connectivity index (χ0n) is 7.99. The molecule has 0 spiro atoms. The maximum atomic E-state index is 5.40. The lowest BCUT2D eigenvalue weighted by Gasteiger charge is -2.18. The van der Waals surface area contributed by atoms with E-state index < -0.39 is 0 Å². The predicted molar refractivity (Wildman–Crippen MR) is 49.9 cm³/mol. The Morgan fingerprint density at radius 1 is 1.21 bits per heavy atom. The van der Waals surface area contributed by atoms with E-state index in [2.05, 4.69) is 0 Å². The van der Waals surface area contributed by atoms with Crippen LogP contribution in [0, 0.1) is 0 Å². The molecule has 4 heteroatoms. The monoisotopic (exact) mass is 196 g/mol. The van der Waals surface area contributed by atoms with E-state index in [4.69, 9.17) is 18.9 Å². The first kappa shape index (κ1) is 9.15. The highest BCUT2D eigenvalue weighted by Crippen LogP contribution is 2.33. The maximum Gasteiger partial charge on any atom is 0.188 e. The van der Waals surface area contributed by atoms with Crippen molar-refractivity contribution < 1.29 is 18.9 Å².